The molecule has 3 aromatic rings. The summed E-state index contributed by atoms with van der Waals surface area (Å²) in [4.78, 5) is 54.7. The fourth-order valence-corrected chi connectivity index (χ4v) is 4.31. The van der Waals surface area contributed by atoms with Crippen LogP contribution in [0.2, 0.25) is 0 Å². The number of nitrogens with one attached hydrogen (secondary N) is 1. The van der Waals surface area contributed by atoms with Crippen LogP contribution in [-0.2, 0) is 9.53 Å². The van der Waals surface area contributed by atoms with Crippen LogP contribution in [0.3, 0.4) is 0 Å². The Kier molecular flexibility index (Phi) is 6.65. The van der Waals surface area contributed by atoms with E-state index in [2.05, 4.69) is 10.3 Å². The maximum atomic E-state index is 13.2. The van der Waals surface area contributed by atoms with Gasteiger partial charge >= 0.3 is 5.97 Å². The quantitative estimate of drug-likeness (QED) is 0.442. The molecule has 1 unspecified atom stereocenters. The number of carbonyl (C=O) groups excluding carboxylic acids is 3. The van der Waals surface area contributed by atoms with E-state index in [-0.39, 0.29) is 23.9 Å². The molecule has 1 aromatic carbocycles. The van der Waals surface area contributed by atoms with Crippen molar-refractivity contribution in [3.8, 4) is 0 Å². The zero-order valence-corrected chi connectivity index (χ0v) is 18.5. The molecular weight excluding hydrogens is 418 g/mol. The zero-order chi connectivity index (χ0) is 22.7. The molecule has 0 aliphatic rings. The standard InChI is InChI=1S/C22H23N3O5S/c1-5-16(19(27)24-15-9-7-14(8-10-15)13(4)26)25-11-23-20-17(21(25)28)12(3)18(31-20)22(29)30-6-2/h7-11,16H,5-6H2,1-4H3,(H,24,27). The van der Waals surface area contributed by atoms with Crippen molar-refractivity contribution in [2.45, 2.75) is 40.2 Å². The SMILES string of the molecule is CCOC(=O)c1sc2ncn(C(CC)C(=O)Nc3ccc(C(C)=O)cc3)c(=O)c2c1C. The largest absolute Gasteiger partial charge is 0.462 e. The smallest absolute Gasteiger partial charge is 0.348 e. The van der Waals surface area contributed by atoms with Gasteiger partial charge in [0, 0.05) is 11.3 Å². The number of thiophene rings is 1. The number of fused-ring (bicyclic) bond motifs is 1. The van der Waals surface area contributed by atoms with Gasteiger partial charge in [-0.05, 0) is 57.0 Å². The van der Waals surface area contributed by atoms with E-state index in [1.165, 1.54) is 17.8 Å². The molecule has 0 aliphatic heterocycles. The van der Waals surface area contributed by atoms with Crippen molar-refractivity contribution < 1.29 is 19.1 Å². The number of Topliss-reactive ketones (excluding diaryl/α,β-unsaturated/α-hetero) is 1. The lowest BCUT2D eigenvalue weighted by atomic mass is 10.1. The number of carbonyl (C=O) groups is 3. The first kappa shape index (κ1) is 22.4. The molecule has 9 heteroatoms. The topological polar surface area (TPSA) is 107 Å². The Morgan fingerprint density at radius 2 is 1.87 bits per heavy atom. The zero-order valence-electron chi connectivity index (χ0n) is 17.7. The lowest BCUT2D eigenvalue weighted by molar-refractivity contribution is -0.119. The van der Waals surface area contributed by atoms with E-state index in [1.54, 1.807) is 45.0 Å². The van der Waals surface area contributed by atoms with E-state index in [9.17, 15) is 19.2 Å². The third-order valence-corrected chi connectivity index (χ3v) is 6.10. The molecule has 31 heavy (non-hydrogen) atoms. The second kappa shape index (κ2) is 9.22. The number of amides is 1. The molecule has 0 aliphatic carbocycles. The van der Waals surface area contributed by atoms with Crippen LogP contribution in [0.1, 0.15) is 58.8 Å². The van der Waals surface area contributed by atoms with Crippen LogP contribution in [0.4, 0.5) is 5.69 Å². The molecule has 2 aromatic heterocycles. The van der Waals surface area contributed by atoms with Crippen molar-refractivity contribution in [2.24, 2.45) is 0 Å². The number of nitrogens with zero attached hydrogens (tertiary/aromatic N) is 2. The Morgan fingerprint density at radius 1 is 1.19 bits per heavy atom. The highest BCUT2D eigenvalue weighted by Gasteiger charge is 2.25. The number of aryl methyl sites for hydroxylation is 1. The van der Waals surface area contributed by atoms with Gasteiger partial charge in [0.15, 0.2) is 5.78 Å². The van der Waals surface area contributed by atoms with E-state index in [1.807, 2.05) is 0 Å². The van der Waals surface area contributed by atoms with Gasteiger partial charge in [0.2, 0.25) is 5.91 Å². The Labute approximate surface area is 182 Å². The van der Waals surface area contributed by atoms with Gasteiger partial charge < -0.3 is 10.1 Å². The second-order valence-electron chi connectivity index (χ2n) is 6.96. The molecule has 1 amide bonds. The molecule has 0 saturated carbocycles. The van der Waals surface area contributed by atoms with E-state index in [4.69, 9.17) is 4.74 Å². The number of benzene rings is 1. The summed E-state index contributed by atoms with van der Waals surface area (Å²) in [5, 5.41) is 3.09. The molecule has 0 spiro atoms. The average molecular weight is 442 g/mol. The predicted octanol–water partition coefficient (Wildman–Crippen LogP) is 3.74. The van der Waals surface area contributed by atoms with Gasteiger partial charge in [0.05, 0.1) is 18.3 Å². The van der Waals surface area contributed by atoms with Crippen LogP contribution >= 0.6 is 11.3 Å². The van der Waals surface area contributed by atoms with Gasteiger partial charge in [0.1, 0.15) is 15.7 Å². The molecular formula is C22H23N3O5S. The van der Waals surface area contributed by atoms with Gasteiger partial charge in [-0.15, -0.1) is 11.3 Å². The number of anilines is 1. The first-order chi connectivity index (χ1) is 14.8. The molecule has 2 heterocycles. The summed E-state index contributed by atoms with van der Waals surface area (Å²) in [5.74, 6) is -0.934. The maximum absolute atomic E-state index is 13.2. The third kappa shape index (κ3) is 4.41. The third-order valence-electron chi connectivity index (χ3n) is 4.92. The van der Waals surface area contributed by atoms with Crippen molar-refractivity contribution in [1.82, 2.24) is 9.55 Å². The molecule has 1 N–H and O–H groups in total. The van der Waals surface area contributed by atoms with Crippen LogP contribution in [-0.4, -0.2) is 33.8 Å². The van der Waals surface area contributed by atoms with Crippen molar-refractivity contribution in [3.63, 3.8) is 0 Å². The van der Waals surface area contributed by atoms with Crippen LogP contribution in [0.15, 0.2) is 35.4 Å². The number of aromatic nitrogens is 2. The minimum absolute atomic E-state index is 0.0661. The number of esters is 1. The van der Waals surface area contributed by atoms with Crippen LogP contribution in [0, 0.1) is 6.92 Å². The fourth-order valence-electron chi connectivity index (χ4n) is 3.27. The molecule has 0 saturated heterocycles. The lowest BCUT2D eigenvalue weighted by Crippen LogP contribution is -2.33. The number of ketones is 1. The minimum atomic E-state index is -0.790. The Bertz CT molecular complexity index is 1210. The molecule has 3 rings (SSSR count). The summed E-state index contributed by atoms with van der Waals surface area (Å²) in [7, 11) is 0. The average Bonchev–Trinajstić information content (AvgIpc) is 3.08. The Morgan fingerprint density at radius 3 is 2.45 bits per heavy atom. The summed E-state index contributed by atoms with van der Waals surface area (Å²) in [6.45, 7) is 6.88. The Hall–Kier alpha value is -3.33. The number of hydrogen-bond acceptors (Lipinski definition) is 7. The normalized spacial score (nSPS) is 11.9. The summed E-state index contributed by atoms with van der Waals surface area (Å²) < 4.78 is 6.34. The van der Waals surface area contributed by atoms with Crippen molar-refractivity contribution >= 4 is 44.9 Å². The highest BCUT2D eigenvalue weighted by atomic mass is 32.1. The van der Waals surface area contributed by atoms with Crippen molar-refractivity contribution in [2.75, 3.05) is 11.9 Å². The van der Waals surface area contributed by atoms with E-state index in [0.717, 1.165) is 11.3 Å². The highest BCUT2D eigenvalue weighted by Crippen LogP contribution is 2.28. The van der Waals surface area contributed by atoms with Crippen molar-refractivity contribution in [3.05, 3.63) is 57.0 Å². The molecule has 8 nitrogen and oxygen atoms in total. The lowest BCUT2D eigenvalue weighted by Gasteiger charge is -2.17. The summed E-state index contributed by atoms with van der Waals surface area (Å²) in [6, 6.07) is 5.75. The van der Waals surface area contributed by atoms with E-state index >= 15 is 0 Å². The van der Waals surface area contributed by atoms with Crippen LogP contribution in [0.25, 0.3) is 10.2 Å². The van der Waals surface area contributed by atoms with E-state index in [0.29, 0.717) is 38.3 Å². The van der Waals surface area contributed by atoms with Crippen molar-refractivity contribution in [1.29, 1.82) is 0 Å². The molecule has 0 bridgehead atoms. The second-order valence-corrected chi connectivity index (χ2v) is 7.96. The molecule has 1 atom stereocenters. The first-order valence-corrected chi connectivity index (χ1v) is 10.7. The summed E-state index contributed by atoms with van der Waals surface area (Å²) >= 11 is 1.10. The van der Waals surface area contributed by atoms with Gasteiger partial charge in [-0.25, -0.2) is 9.78 Å². The monoisotopic (exact) mass is 441 g/mol. The minimum Gasteiger partial charge on any atom is -0.462 e. The van der Waals surface area contributed by atoms with Gasteiger partial charge in [0.25, 0.3) is 5.56 Å². The summed E-state index contributed by atoms with van der Waals surface area (Å²) in [6.07, 6.45) is 1.69. The Balaban J connectivity index is 1.94. The number of rotatable bonds is 7. The number of hydrogen-bond donors (Lipinski definition) is 1. The fraction of sp³-hybridized carbons (Fsp3) is 0.318. The first-order valence-electron chi connectivity index (χ1n) is 9.87. The van der Waals surface area contributed by atoms with Crippen LogP contribution < -0.4 is 10.9 Å². The summed E-state index contributed by atoms with van der Waals surface area (Å²) in [5.41, 5.74) is 1.18. The van der Waals surface area contributed by atoms with Gasteiger partial charge in [-0.2, -0.15) is 0 Å². The van der Waals surface area contributed by atoms with Gasteiger partial charge in [-0.3, -0.25) is 19.0 Å². The molecule has 162 valence electrons. The molecule has 0 radical (unpaired) electrons. The molecule has 0 fully saturated rings. The number of ether oxygens (including phenoxy) is 1. The maximum Gasteiger partial charge on any atom is 0.348 e. The predicted molar refractivity (Wildman–Crippen MR) is 119 cm³/mol. The van der Waals surface area contributed by atoms with Crippen LogP contribution in [0.5, 0.6) is 0 Å². The van der Waals surface area contributed by atoms with Gasteiger partial charge in [-0.1, -0.05) is 6.92 Å². The van der Waals surface area contributed by atoms with E-state index < -0.39 is 12.0 Å². The highest BCUT2D eigenvalue weighted by molar-refractivity contribution is 7.20.